The van der Waals surface area contributed by atoms with Crippen LogP contribution >= 0.6 is 0 Å². The van der Waals surface area contributed by atoms with Gasteiger partial charge in [0, 0.05) is 6.54 Å². The van der Waals surface area contributed by atoms with Crippen molar-refractivity contribution in [3.8, 4) is 17.2 Å². The fraction of sp³-hybridized carbons (Fsp3) is 0.429. The molecule has 1 aliphatic heterocycles. The Morgan fingerprint density at radius 1 is 0.960 bits per heavy atom. The molecule has 0 aromatic heterocycles. The Hall–Kier alpha value is -2.20. The fourth-order valence-corrected chi connectivity index (χ4v) is 3.34. The van der Waals surface area contributed by atoms with Gasteiger partial charge in [-0.2, -0.15) is 0 Å². The average molecular weight is 341 g/mol. The van der Waals surface area contributed by atoms with Crippen molar-refractivity contribution in [3.05, 3.63) is 54.1 Å². The molecule has 3 rings (SSSR count). The van der Waals surface area contributed by atoms with E-state index in [1.54, 1.807) is 31.4 Å². The van der Waals surface area contributed by atoms with Crippen molar-refractivity contribution < 1.29 is 14.6 Å². The summed E-state index contributed by atoms with van der Waals surface area (Å²) in [7, 11) is 1.70. The van der Waals surface area contributed by atoms with Crippen LogP contribution in [0.3, 0.4) is 0 Å². The molecule has 0 saturated carbocycles. The van der Waals surface area contributed by atoms with Gasteiger partial charge < -0.3 is 14.6 Å². The van der Waals surface area contributed by atoms with Gasteiger partial charge in [0.15, 0.2) is 0 Å². The molecule has 0 atom stereocenters. The Kier molecular flexibility index (Phi) is 6.18. The van der Waals surface area contributed by atoms with Gasteiger partial charge in [-0.3, -0.25) is 4.90 Å². The SMILES string of the molecule is COc1ccc(CC2CCN(CCOc3ccc(O)cc3)CC2)cc1. The molecule has 2 aromatic rings. The predicted molar refractivity (Wildman–Crippen MR) is 99.5 cm³/mol. The van der Waals surface area contributed by atoms with Crippen LogP contribution in [-0.2, 0) is 6.42 Å². The number of phenols is 1. The van der Waals surface area contributed by atoms with E-state index in [0.29, 0.717) is 6.61 Å². The molecule has 25 heavy (non-hydrogen) atoms. The largest absolute Gasteiger partial charge is 0.508 e. The molecule has 1 heterocycles. The van der Waals surface area contributed by atoms with Crippen LogP contribution in [0.25, 0.3) is 0 Å². The number of nitrogens with zero attached hydrogens (tertiary/aromatic N) is 1. The topological polar surface area (TPSA) is 41.9 Å². The fourth-order valence-electron chi connectivity index (χ4n) is 3.34. The van der Waals surface area contributed by atoms with Gasteiger partial charge in [-0.25, -0.2) is 0 Å². The van der Waals surface area contributed by atoms with Crippen LogP contribution in [0, 0.1) is 5.92 Å². The molecule has 134 valence electrons. The quantitative estimate of drug-likeness (QED) is 0.833. The van der Waals surface area contributed by atoms with Crippen LogP contribution in [0.15, 0.2) is 48.5 Å². The molecule has 1 N–H and O–H groups in total. The standard InChI is InChI=1S/C21H27NO3/c1-24-20-6-2-17(3-7-20)16-18-10-12-22(13-11-18)14-15-25-21-8-4-19(23)5-9-21/h2-9,18,23H,10-16H2,1H3. The zero-order valence-corrected chi connectivity index (χ0v) is 14.9. The third kappa shape index (κ3) is 5.40. The highest BCUT2D eigenvalue weighted by molar-refractivity contribution is 5.30. The third-order valence-electron chi connectivity index (χ3n) is 4.90. The smallest absolute Gasteiger partial charge is 0.119 e. The second-order valence-electron chi connectivity index (χ2n) is 6.68. The van der Waals surface area contributed by atoms with E-state index < -0.39 is 0 Å². The third-order valence-corrected chi connectivity index (χ3v) is 4.90. The summed E-state index contributed by atoms with van der Waals surface area (Å²) in [6.45, 7) is 3.92. The Labute approximate surface area is 150 Å². The molecule has 4 heteroatoms. The monoisotopic (exact) mass is 341 g/mol. The molecule has 0 unspecified atom stereocenters. The minimum absolute atomic E-state index is 0.270. The lowest BCUT2D eigenvalue weighted by atomic mass is 9.90. The minimum atomic E-state index is 0.270. The molecule has 0 bridgehead atoms. The summed E-state index contributed by atoms with van der Waals surface area (Å²) in [4.78, 5) is 2.48. The Bertz CT molecular complexity index is 631. The van der Waals surface area contributed by atoms with E-state index in [1.165, 1.54) is 18.4 Å². The molecular formula is C21H27NO3. The van der Waals surface area contributed by atoms with Crippen LogP contribution in [-0.4, -0.2) is 43.4 Å². The second kappa shape index (κ2) is 8.77. The molecule has 4 nitrogen and oxygen atoms in total. The number of piperidine rings is 1. The number of rotatable bonds is 7. The number of aromatic hydroxyl groups is 1. The van der Waals surface area contributed by atoms with Gasteiger partial charge in [0.2, 0.25) is 0 Å². The van der Waals surface area contributed by atoms with Crippen molar-refractivity contribution in [3.63, 3.8) is 0 Å². The van der Waals surface area contributed by atoms with E-state index in [2.05, 4.69) is 17.0 Å². The van der Waals surface area contributed by atoms with Gasteiger partial charge in [-0.1, -0.05) is 12.1 Å². The maximum atomic E-state index is 9.27. The molecule has 0 spiro atoms. The van der Waals surface area contributed by atoms with Crippen molar-refractivity contribution in [1.82, 2.24) is 4.90 Å². The number of methoxy groups -OCH3 is 1. The summed E-state index contributed by atoms with van der Waals surface area (Å²) in [6, 6.07) is 15.4. The van der Waals surface area contributed by atoms with E-state index in [0.717, 1.165) is 43.5 Å². The highest BCUT2D eigenvalue weighted by atomic mass is 16.5. The summed E-state index contributed by atoms with van der Waals surface area (Å²) in [5.74, 6) is 2.77. The first-order chi connectivity index (χ1) is 12.2. The number of phenolic OH excluding ortho intramolecular Hbond substituents is 1. The normalized spacial score (nSPS) is 15.9. The Balaban J connectivity index is 1.36. The van der Waals surface area contributed by atoms with Crippen molar-refractivity contribution in [2.75, 3.05) is 33.4 Å². The summed E-state index contributed by atoms with van der Waals surface area (Å²) in [6.07, 6.45) is 3.64. The van der Waals surface area contributed by atoms with E-state index >= 15 is 0 Å². The van der Waals surface area contributed by atoms with Gasteiger partial charge in [0.25, 0.3) is 0 Å². The van der Waals surface area contributed by atoms with Crippen molar-refractivity contribution in [2.45, 2.75) is 19.3 Å². The first kappa shape index (κ1) is 17.6. The second-order valence-corrected chi connectivity index (χ2v) is 6.68. The molecular weight excluding hydrogens is 314 g/mol. The number of benzene rings is 2. The molecule has 0 amide bonds. The van der Waals surface area contributed by atoms with Crippen LogP contribution in [0.5, 0.6) is 17.2 Å². The van der Waals surface area contributed by atoms with Gasteiger partial charge in [0.05, 0.1) is 7.11 Å². The van der Waals surface area contributed by atoms with Crippen LogP contribution < -0.4 is 9.47 Å². The molecule has 1 saturated heterocycles. The Morgan fingerprint density at radius 3 is 2.24 bits per heavy atom. The average Bonchev–Trinajstić information content (AvgIpc) is 2.65. The van der Waals surface area contributed by atoms with Crippen LogP contribution in [0.4, 0.5) is 0 Å². The molecule has 2 aromatic carbocycles. The number of ether oxygens (including phenoxy) is 2. The Morgan fingerprint density at radius 2 is 1.60 bits per heavy atom. The lowest BCUT2D eigenvalue weighted by Crippen LogP contribution is -2.37. The maximum absolute atomic E-state index is 9.27. The zero-order chi connectivity index (χ0) is 17.5. The maximum Gasteiger partial charge on any atom is 0.119 e. The first-order valence-electron chi connectivity index (χ1n) is 9.00. The first-order valence-corrected chi connectivity index (χ1v) is 9.00. The van der Waals surface area contributed by atoms with Crippen molar-refractivity contribution in [1.29, 1.82) is 0 Å². The van der Waals surface area contributed by atoms with Gasteiger partial charge >= 0.3 is 0 Å². The number of likely N-dealkylation sites (tertiary alicyclic amines) is 1. The summed E-state index contributed by atoms with van der Waals surface area (Å²) in [5.41, 5.74) is 1.40. The van der Waals surface area contributed by atoms with E-state index in [9.17, 15) is 5.11 Å². The highest BCUT2D eigenvalue weighted by Gasteiger charge is 2.19. The lowest BCUT2D eigenvalue weighted by molar-refractivity contribution is 0.155. The number of hydrogen-bond acceptors (Lipinski definition) is 4. The summed E-state index contributed by atoms with van der Waals surface area (Å²) >= 11 is 0. The lowest BCUT2D eigenvalue weighted by Gasteiger charge is -2.31. The van der Waals surface area contributed by atoms with Crippen molar-refractivity contribution >= 4 is 0 Å². The van der Waals surface area contributed by atoms with Gasteiger partial charge in [-0.05, 0) is 80.2 Å². The zero-order valence-electron chi connectivity index (χ0n) is 14.9. The molecule has 0 aliphatic carbocycles. The van der Waals surface area contributed by atoms with Gasteiger partial charge in [0.1, 0.15) is 23.9 Å². The summed E-state index contributed by atoms with van der Waals surface area (Å²) < 4.78 is 11.0. The minimum Gasteiger partial charge on any atom is -0.508 e. The van der Waals surface area contributed by atoms with E-state index in [4.69, 9.17) is 9.47 Å². The molecule has 1 fully saturated rings. The summed E-state index contributed by atoms with van der Waals surface area (Å²) in [5, 5.41) is 9.27. The van der Waals surface area contributed by atoms with Crippen LogP contribution in [0.1, 0.15) is 18.4 Å². The predicted octanol–water partition coefficient (Wildman–Crippen LogP) is 3.73. The van der Waals surface area contributed by atoms with Gasteiger partial charge in [-0.15, -0.1) is 0 Å². The van der Waals surface area contributed by atoms with Crippen molar-refractivity contribution in [2.24, 2.45) is 5.92 Å². The van der Waals surface area contributed by atoms with Crippen LogP contribution in [0.2, 0.25) is 0 Å². The highest BCUT2D eigenvalue weighted by Crippen LogP contribution is 2.23. The number of hydrogen-bond donors (Lipinski definition) is 1. The van der Waals surface area contributed by atoms with E-state index in [-0.39, 0.29) is 5.75 Å². The van der Waals surface area contributed by atoms with E-state index in [1.807, 2.05) is 12.1 Å². The molecule has 0 radical (unpaired) electrons. The molecule has 1 aliphatic rings.